The minimum Gasteiger partial charge on any atom is -0.467 e. The van der Waals surface area contributed by atoms with Gasteiger partial charge in [-0.1, -0.05) is 42.5 Å². The average Bonchev–Trinajstić information content (AvgIpc) is 2.69. The largest absolute Gasteiger partial charge is 0.467 e. The van der Waals surface area contributed by atoms with Crippen molar-refractivity contribution in [3.05, 3.63) is 65.7 Å². The first-order valence-corrected chi connectivity index (χ1v) is 9.32. The van der Waals surface area contributed by atoms with E-state index in [4.69, 9.17) is 4.74 Å². The maximum atomic E-state index is 12.4. The van der Waals surface area contributed by atoms with Crippen molar-refractivity contribution in [2.45, 2.75) is 25.0 Å². The number of urea groups is 1. The normalized spacial score (nSPS) is 17.6. The molecule has 0 aromatic heterocycles. The van der Waals surface area contributed by atoms with E-state index in [1.807, 2.05) is 36.4 Å². The Morgan fingerprint density at radius 3 is 2.56 bits per heavy atom. The molecule has 27 heavy (non-hydrogen) atoms. The fraction of sp³-hybridized carbons (Fsp3) is 0.333. The van der Waals surface area contributed by atoms with Crippen molar-refractivity contribution in [2.75, 3.05) is 19.6 Å². The number of benzene rings is 2. The Morgan fingerprint density at radius 1 is 1.07 bits per heavy atom. The number of rotatable bonds is 3. The molecular formula is C21H23N3O3. The van der Waals surface area contributed by atoms with E-state index in [-0.39, 0.29) is 11.9 Å². The molecular weight excluding hydrogens is 342 g/mol. The van der Waals surface area contributed by atoms with Crippen LogP contribution in [0.15, 0.2) is 54.6 Å². The second-order valence-corrected chi connectivity index (χ2v) is 7.00. The molecule has 2 aromatic rings. The molecule has 0 aliphatic carbocycles. The van der Waals surface area contributed by atoms with Crippen LogP contribution >= 0.6 is 0 Å². The second kappa shape index (κ2) is 7.31. The predicted octanol–water partition coefficient (Wildman–Crippen LogP) is 2.55. The molecule has 2 aliphatic rings. The van der Waals surface area contributed by atoms with Gasteiger partial charge in [0.25, 0.3) is 5.91 Å². The van der Waals surface area contributed by atoms with Gasteiger partial charge in [0, 0.05) is 32.5 Å². The van der Waals surface area contributed by atoms with Gasteiger partial charge < -0.3 is 20.3 Å². The summed E-state index contributed by atoms with van der Waals surface area (Å²) in [7, 11) is 0. The molecule has 2 aromatic carbocycles. The summed E-state index contributed by atoms with van der Waals surface area (Å²) < 4.78 is 6.11. The molecule has 0 bridgehead atoms. The molecule has 2 N–H and O–H groups in total. The Hall–Kier alpha value is -3.02. The number of carbonyl (C=O) groups excluding carboxylic acids is 2. The van der Waals surface area contributed by atoms with Gasteiger partial charge in [-0.25, -0.2) is 4.79 Å². The Morgan fingerprint density at radius 2 is 1.78 bits per heavy atom. The molecule has 1 spiro atoms. The highest BCUT2D eigenvalue weighted by Crippen LogP contribution is 2.33. The first-order chi connectivity index (χ1) is 13.2. The molecule has 0 saturated carbocycles. The SMILES string of the molecule is O=C1NC2(CCN(C(=O)NCCc3ccccc3)CC2)Oc2ccccc21. The molecule has 2 aliphatic heterocycles. The smallest absolute Gasteiger partial charge is 0.317 e. The highest BCUT2D eigenvalue weighted by molar-refractivity contribution is 5.98. The third-order valence-corrected chi connectivity index (χ3v) is 5.17. The van der Waals surface area contributed by atoms with Crippen LogP contribution in [-0.4, -0.2) is 42.2 Å². The maximum absolute atomic E-state index is 12.4. The summed E-state index contributed by atoms with van der Waals surface area (Å²) in [4.78, 5) is 26.6. The van der Waals surface area contributed by atoms with Crippen LogP contribution in [0.2, 0.25) is 0 Å². The highest BCUT2D eigenvalue weighted by Gasteiger charge is 2.43. The van der Waals surface area contributed by atoms with E-state index in [1.54, 1.807) is 11.0 Å². The number of hydrogen-bond acceptors (Lipinski definition) is 3. The van der Waals surface area contributed by atoms with Crippen molar-refractivity contribution in [1.82, 2.24) is 15.5 Å². The van der Waals surface area contributed by atoms with Crippen molar-refractivity contribution >= 4 is 11.9 Å². The Kier molecular flexibility index (Phi) is 4.71. The minimum absolute atomic E-state index is 0.0664. The Bertz CT molecular complexity index is 830. The second-order valence-electron chi connectivity index (χ2n) is 7.00. The zero-order valence-electron chi connectivity index (χ0n) is 15.1. The number of ether oxygens (including phenoxy) is 1. The lowest BCUT2D eigenvalue weighted by Gasteiger charge is -2.44. The van der Waals surface area contributed by atoms with Gasteiger partial charge in [0.1, 0.15) is 5.75 Å². The predicted molar refractivity (Wildman–Crippen MR) is 102 cm³/mol. The number of nitrogens with zero attached hydrogens (tertiary/aromatic N) is 1. The lowest BCUT2D eigenvalue weighted by molar-refractivity contribution is -0.0212. The van der Waals surface area contributed by atoms with Crippen LogP contribution in [-0.2, 0) is 6.42 Å². The Labute approximate surface area is 158 Å². The fourth-order valence-corrected chi connectivity index (χ4v) is 3.62. The Balaban J connectivity index is 1.30. The van der Waals surface area contributed by atoms with E-state index < -0.39 is 5.72 Å². The number of amides is 3. The van der Waals surface area contributed by atoms with Gasteiger partial charge >= 0.3 is 6.03 Å². The van der Waals surface area contributed by atoms with E-state index in [1.165, 1.54) is 5.56 Å². The first-order valence-electron chi connectivity index (χ1n) is 9.32. The monoisotopic (exact) mass is 365 g/mol. The van der Waals surface area contributed by atoms with Crippen molar-refractivity contribution in [3.63, 3.8) is 0 Å². The molecule has 6 nitrogen and oxygen atoms in total. The van der Waals surface area contributed by atoms with Gasteiger partial charge in [-0.2, -0.15) is 0 Å². The summed E-state index contributed by atoms with van der Waals surface area (Å²) in [6.07, 6.45) is 1.94. The molecule has 3 amide bonds. The van der Waals surface area contributed by atoms with Gasteiger partial charge in [0.05, 0.1) is 5.56 Å². The average molecular weight is 365 g/mol. The van der Waals surface area contributed by atoms with Crippen LogP contribution in [0.5, 0.6) is 5.75 Å². The number of piperidine rings is 1. The number of carbonyl (C=O) groups is 2. The van der Waals surface area contributed by atoms with Gasteiger partial charge in [0.2, 0.25) is 0 Å². The van der Waals surface area contributed by atoms with E-state index in [0.29, 0.717) is 43.8 Å². The van der Waals surface area contributed by atoms with Crippen LogP contribution in [0.4, 0.5) is 4.79 Å². The fourth-order valence-electron chi connectivity index (χ4n) is 3.62. The molecule has 6 heteroatoms. The minimum atomic E-state index is -0.716. The van der Waals surface area contributed by atoms with Crippen LogP contribution in [0.3, 0.4) is 0 Å². The molecule has 1 saturated heterocycles. The topological polar surface area (TPSA) is 70.7 Å². The molecule has 0 unspecified atom stereocenters. The lowest BCUT2D eigenvalue weighted by atomic mass is 9.97. The third kappa shape index (κ3) is 3.74. The number of nitrogens with one attached hydrogen (secondary N) is 2. The number of hydrogen-bond donors (Lipinski definition) is 2. The summed E-state index contributed by atoms with van der Waals surface area (Å²) in [5.41, 5.74) is 1.04. The number of fused-ring (bicyclic) bond motifs is 1. The quantitative estimate of drug-likeness (QED) is 0.878. The summed E-state index contributed by atoms with van der Waals surface area (Å²) in [6.45, 7) is 1.68. The van der Waals surface area contributed by atoms with Crippen LogP contribution in [0, 0.1) is 0 Å². The first kappa shape index (κ1) is 17.4. The molecule has 0 radical (unpaired) electrons. The van der Waals surface area contributed by atoms with E-state index in [2.05, 4.69) is 22.8 Å². The van der Waals surface area contributed by atoms with E-state index in [0.717, 1.165) is 6.42 Å². The van der Waals surface area contributed by atoms with Gasteiger partial charge in [-0.3, -0.25) is 4.79 Å². The molecule has 1 fully saturated rings. The highest BCUT2D eigenvalue weighted by atomic mass is 16.5. The zero-order chi connectivity index (χ0) is 18.7. The van der Waals surface area contributed by atoms with E-state index in [9.17, 15) is 9.59 Å². The summed E-state index contributed by atoms with van der Waals surface area (Å²) in [6, 6.07) is 17.3. The van der Waals surface area contributed by atoms with Crippen LogP contribution < -0.4 is 15.4 Å². The van der Waals surface area contributed by atoms with Crippen LogP contribution in [0.1, 0.15) is 28.8 Å². The van der Waals surface area contributed by atoms with Crippen molar-refractivity contribution in [2.24, 2.45) is 0 Å². The summed E-state index contributed by atoms with van der Waals surface area (Å²) >= 11 is 0. The summed E-state index contributed by atoms with van der Waals surface area (Å²) in [5.74, 6) is 0.500. The van der Waals surface area contributed by atoms with Gasteiger partial charge in [0.15, 0.2) is 5.72 Å². The van der Waals surface area contributed by atoms with Crippen LogP contribution in [0.25, 0.3) is 0 Å². The number of likely N-dealkylation sites (tertiary alicyclic amines) is 1. The van der Waals surface area contributed by atoms with Crippen molar-refractivity contribution in [1.29, 1.82) is 0 Å². The number of para-hydroxylation sites is 1. The van der Waals surface area contributed by atoms with Crippen molar-refractivity contribution in [3.8, 4) is 5.75 Å². The molecule has 0 atom stereocenters. The lowest BCUT2D eigenvalue weighted by Crippen LogP contribution is -2.62. The maximum Gasteiger partial charge on any atom is 0.317 e. The van der Waals surface area contributed by atoms with Gasteiger partial charge in [-0.05, 0) is 24.1 Å². The van der Waals surface area contributed by atoms with E-state index >= 15 is 0 Å². The van der Waals surface area contributed by atoms with Crippen molar-refractivity contribution < 1.29 is 14.3 Å². The molecule has 140 valence electrons. The third-order valence-electron chi connectivity index (χ3n) is 5.17. The zero-order valence-corrected chi connectivity index (χ0v) is 15.1. The standard InChI is InChI=1S/C21H23N3O3/c25-19-17-8-4-5-9-18(17)27-21(23-19)11-14-24(15-12-21)20(26)22-13-10-16-6-2-1-3-7-16/h1-9H,10-15H2,(H,22,26)(H,23,25). The van der Waals surface area contributed by atoms with Gasteiger partial charge in [-0.15, -0.1) is 0 Å². The molecule has 2 heterocycles. The summed E-state index contributed by atoms with van der Waals surface area (Å²) in [5, 5.41) is 5.97. The molecule has 4 rings (SSSR count).